The van der Waals surface area contributed by atoms with E-state index in [2.05, 4.69) is 25.7 Å². The summed E-state index contributed by atoms with van der Waals surface area (Å²) in [4.78, 5) is 65.6. The number of nitrogens with two attached hydrogens (primary N) is 2. The van der Waals surface area contributed by atoms with E-state index in [1.165, 1.54) is 19.2 Å². The number of fused-ring (bicyclic) bond motifs is 2. The molecule has 1 atom stereocenters. The molecule has 0 spiro atoms. The predicted octanol–water partition coefficient (Wildman–Crippen LogP) is 5.16. The van der Waals surface area contributed by atoms with Gasteiger partial charge in [0.05, 0.1) is 35.6 Å². The van der Waals surface area contributed by atoms with E-state index in [-0.39, 0.29) is 53.9 Å². The molecule has 0 saturated heterocycles. The van der Waals surface area contributed by atoms with Gasteiger partial charge in [0.2, 0.25) is 29.5 Å². The number of carbonyl (C=O) groups is 4. The molecule has 304 valence electrons. The molecule has 1 unspecified atom stereocenters. The number of nitrogens with zero attached hydrogens (tertiary/aromatic N) is 7. The zero-order valence-electron chi connectivity index (χ0n) is 33.7. The number of ether oxygens (including phenoxy) is 2. The minimum absolute atomic E-state index is 0.0574. The van der Waals surface area contributed by atoms with Crippen molar-refractivity contribution in [3.8, 4) is 11.5 Å². The number of benzene rings is 2. The van der Waals surface area contributed by atoms with Crippen LogP contribution in [0.15, 0.2) is 46.9 Å². The SMILES string of the molecule is CCc1nc(C)oc1C(=O)Nc1nc2cc(C(N)=O)cc(OC)c2n1C/C=C/Cn1c(NC(=O)c2cc(C)nn2CC)nc2cc(C(N)=O)cc(OC(C)C(C)C)c21. The predicted molar refractivity (Wildman–Crippen MR) is 216 cm³/mol. The topological polar surface area (TPSA) is 242 Å². The second-order valence-corrected chi connectivity index (χ2v) is 14.0. The van der Waals surface area contributed by atoms with Gasteiger partial charge in [-0.2, -0.15) is 5.10 Å². The molecule has 6 N–H and O–H groups in total. The second-order valence-electron chi connectivity index (χ2n) is 14.0. The maximum atomic E-state index is 13.7. The van der Waals surface area contributed by atoms with Crippen molar-refractivity contribution in [3.63, 3.8) is 0 Å². The number of rotatable bonds is 16. The number of hydrogen-bond acceptors (Lipinski definition) is 11. The number of hydrogen-bond donors (Lipinski definition) is 4. The minimum atomic E-state index is -0.677. The average Bonchev–Trinajstić information content (AvgIpc) is 3.94. The van der Waals surface area contributed by atoms with Gasteiger partial charge in [-0.05, 0) is 63.4 Å². The maximum absolute atomic E-state index is 13.7. The van der Waals surface area contributed by atoms with E-state index >= 15 is 0 Å². The zero-order chi connectivity index (χ0) is 42.0. The Kier molecular flexibility index (Phi) is 11.7. The van der Waals surface area contributed by atoms with Crippen molar-refractivity contribution < 1.29 is 33.1 Å². The molecule has 4 heterocycles. The summed E-state index contributed by atoms with van der Waals surface area (Å²) in [5.41, 5.74) is 14.9. The van der Waals surface area contributed by atoms with Gasteiger partial charge in [0.25, 0.3) is 11.8 Å². The van der Waals surface area contributed by atoms with E-state index in [1.54, 1.807) is 45.9 Å². The fraction of sp³-hybridized carbons (Fsp3) is 0.350. The van der Waals surface area contributed by atoms with Crippen LogP contribution in [0.2, 0.25) is 0 Å². The molecule has 4 aromatic heterocycles. The van der Waals surface area contributed by atoms with Gasteiger partial charge in [-0.3, -0.25) is 34.5 Å². The number of carbonyl (C=O) groups excluding carboxylic acids is 4. The smallest absolute Gasteiger partial charge is 0.295 e. The van der Waals surface area contributed by atoms with Crippen molar-refractivity contribution in [2.45, 2.75) is 80.6 Å². The van der Waals surface area contributed by atoms with Gasteiger partial charge in [-0.25, -0.2) is 15.0 Å². The van der Waals surface area contributed by atoms with E-state index in [1.807, 2.05) is 46.8 Å². The monoisotopic (exact) mass is 793 g/mol. The fourth-order valence-electron chi connectivity index (χ4n) is 6.41. The normalized spacial score (nSPS) is 12.2. The van der Waals surface area contributed by atoms with E-state index in [0.717, 1.165) is 0 Å². The lowest BCUT2D eigenvalue weighted by molar-refractivity contribution is 0.0987. The second kappa shape index (κ2) is 16.6. The van der Waals surface area contributed by atoms with Crippen LogP contribution in [0.4, 0.5) is 11.9 Å². The standard InChI is InChI=1S/C40H47N11O7/c1-9-26-34(58-23(7)43-26)38(55)47-40-44-27-16-24(35(41)52)18-30(56-8)32(27)49(40)13-11-12-14-50-33-28(17-25(36(42)53)19-31(33)57-22(6)20(3)4)45-39(50)46-37(54)29-15-21(5)48-51(29)10-2/h11-12,15-20,22H,9-10,13-14H2,1-8H3,(H2,41,52)(H2,42,53)(H,44,47,55)(H,45,46,54)/b12-11+. The van der Waals surface area contributed by atoms with Crippen LogP contribution in [-0.2, 0) is 26.1 Å². The highest BCUT2D eigenvalue weighted by Gasteiger charge is 2.25. The van der Waals surface area contributed by atoms with E-state index in [0.29, 0.717) is 69.5 Å². The van der Waals surface area contributed by atoms with Crippen LogP contribution >= 0.6 is 0 Å². The number of nitrogens with one attached hydrogen (secondary N) is 2. The average molecular weight is 794 g/mol. The highest BCUT2D eigenvalue weighted by atomic mass is 16.5. The highest BCUT2D eigenvalue weighted by Crippen LogP contribution is 2.34. The lowest BCUT2D eigenvalue weighted by Crippen LogP contribution is -2.21. The lowest BCUT2D eigenvalue weighted by Gasteiger charge is -2.20. The molecule has 18 heteroatoms. The Morgan fingerprint density at radius 3 is 1.88 bits per heavy atom. The fourth-order valence-corrected chi connectivity index (χ4v) is 6.41. The van der Waals surface area contributed by atoms with Gasteiger partial charge in [0, 0.05) is 37.7 Å². The first-order valence-electron chi connectivity index (χ1n) is 18.8. The van der Waals surface area contributed by atoms with Crippen molar-refractivity contribution in [1.82, 2.24) is 33.9 Å². The van der Waals surface area contributed by atoms with Crippen LogP contribution < -0.4 is 31.6 Å². The van der Waals surface area contributed by atoms with Crippen LogP contribution in [0, 0.1) is 19.8 Å². The van der Waals surface area contributed by atoms with Gasteiger partial charge >= 0.3 is 0 Å². The number of oxazole rings is 1. The first kappa shape index (κ1) is 40.7. The first-order valence-corrected chi connectivity index (χ1v) is 18.8. The summed E-state index contributed by atoms with van der Waals surface area (Å²) in [6.45, 7) is 13.9. The summed E-state index contributed by atoms with van der Waals surface area (Å²) in [5.74, 6) is -0.820. The van der Waals surface area contributed by atoms with E-state index in [4.69, 9.17) is 30.3 Å². The van der Waals surface area contributed by atoms with Crippen LogP contribution in [-0.4, -0.2) is 70.7 Å². The molecule has 0 aliphatic carbocycles. The number of aryl methyl sites for hydroxylation is 4. The lowest BCUT2D eigenvalue weighted by atomic mass is 10.1. The molecule has 0 saturated carbocycles. The molecule has 0 bridgehead atoms. The summed E-state index contributed by atoms with van der Waals surface area (Å²) in [5, 5.41) is 10.2. The van der Waals surface area contributed by atoms with Crippen LogP contribution in [0.25, 0.3) is 22.1 Å². The Labute approximate surface area is 333 Å². The van der Waals surface area contributed by atoms with Crippen molar-refractivity contribution in [3.05, 3.63) is 82.3 Å². The Hall–Kier alpha value is -6.98. The molecular formula is C40H47N11O7. The summed E-state index contributed by atoms with van der Waals surface area (Å²) < 4.78 is 22.8. The molecule has 0 fully saturated rings. The quantitative estimate of drug-likeness (QED) is 0.0933. The first-order chi connectivity index (χ1) is 27.6. The molecule has 0 aliphatic heterocycles. The molecular weight excluding hydrogens is 747 g/mol. The molecule has 6 rings (SSSR count). The van der Waals surface area contributed by atoms with Crippen molar-refractivity contribution >= 4 is 57.6 Å². The largest absolute Gasteiger partial charge is 0.494 e. The van der Waals surface area contributed by atoms with E-state index in [9.17, 15) is 19.2 Å². The number of aromatic nitrogens is 7. The van der Waals surface area contributed by atoms with Gasteiger partial charge in [-0.15, -0.1) is 0 Å². The zero-order valence-corrected chi connectivity index (χ0v) is 33.7. The molecule has 0 radical (unpaired) electrons. The summed E-state index contributed by atoms with van der Waals surface area (Å²) in [6.07, 6.45) is 3.88. The third-order valence-electron chi connectivity index (χ3n) is 9.63. The molecule has 0 aliphatic rings. The highest BCUT2D eigenvalue weighted by molar-refractivity contribution is 6.05. The molecule has 4 amide bonds. The van der Waals surface area contributed by atoms with E-state index < -0.39 is 23.6 Å². The number of imidazole rings is 2. The van der Waals surface area contributed by atoms with Gasteiger partial charge in [0.15, 0.2) is 5.89 Å². The van der Waals surface area contributed by atoms with Crippen LogP contribution in [0.3, 0.4) is 0 Å². The molecule has 2 aromatic carbocycles. The van der Waals surface area contributed by atoms with Gasteiger partial charge < -0.3 is 34.5 Å². The summed E-state index contributed by atoms with van der Waals surface area (Å²) >= 11 is 0. The Balaban J connectivity index is 1.43. The third kappa shape index (κ3) is 8.12. The molecule has 58 heavy (non-hydrogen) atoms. The summed E-state index contributed by atoms with van der Waals surface area (Å²) in [6, 6.07) is 7.84. The van der Waals surface area contributed by atoms with Crippen molar-refractivity contribution in [2.75, 3.05) is 17.7 Å². The van der Waals surface area contributed by atoms with Gasteiger partial charge in [0.1, 0.15) is 28.2 Å². The third-order valence-corrected chi connectivity index (χ3v) is 9.63. The minimum Gasteiger partial charge on any atom is -0.494 e. The Morgan fingerprint density at radius 1 is 0.810 bits per heavy atom. The molecule has 18 nitrogen and oxygen atoms in total. The van der Waals surface area contributed by atoms with Crippen molar-refractivity contribution in [2.24, 2.45) is 17.4 Å². The Morgan fingerprint density at radius 2 is 1.36 bits per heavy atom. The number of amides is 4. The number of anilines is 2. The number of allylic oxidation sites excluding steroid dienone is 2. The van der Waals surface area contributed by atoms with Crippen LogP contribution in [0.1, 0.15) is 93.7 Å². The maximum Gasteiger partial charge on any atom is 0.295 e. The van der Waals surface area contributed by atoms with Crippen molar-refractivity contribution in [1.29, 1.82) is 0 Å². The van der Waals surface area contributed by atoms with Crippen LogP contribution in [0.5, 0.6) is 11.5 Å². The number of primary amides is 2. The summed E-state index contributed by atoms with van der Waals surface area (Å²) in [7, 11) is 1.45. The molecule has 6 aromatic rings. The number of methoxy groups -OCH3 is 1. The van der Waals surface area contributed by atoms with Gasteiger partial charge in [-0.1, -0.05) is 32.9 Å². The Bertz CT molecular complexity index is 2590.